The van der Waals surface area contributed by atoms with E-state index in [0.29, 0.717) is 18.7 Å². The van der Waals surface area contributed by atoms with Crippen molar-refractivity contribution in [3.05, 3.63) is 70.9 Å². The number of aromatic amines is 1. The number of benzene rings is 2. The molecular formula is C19H17F3N2O. The monoisotopic (exact) mass is 346 g/mol. The zero-order valence-corrected chi connectivity index (χ0v) is 13.6. The van der Waals surface area contributed by atoms with Crippen LogP contribution in [0.3, 0.4) is 0 Å². The van der Waals surface area contributed by atoms with Gasteiger partial charge in [0.2, 0.25) is 0 Å². The maximum Gasteiger partial charge on any atom is 0.416 e. The molecule has 1 aromatic heterocycles. The van der Waals surface area contributed by atoms with E-state index in [-0.39, 0.29) is 5.91 Å². The molecule has 130 valence electrons. The van der Waals surface area contributed by atoms with E-state index in [9.17, 15) is 18.0 Å². The van der Waals surface area contributed by atoms with E-state index in [2.05, 4.69) is 10.3 Å². The Morgan fingerprint density at radius 2 is 1.80 bits per heavy atom. The molecule has 25 heavy (non-hydrogen) atoms. The third kappa shape index (κ3) is 4.02. The van der Waals surface area contributed by atoms with E-state index < -0.39 is 11.7 Å². The molecule has 0 bridgehead atoms. The van der Waals surface area contributed by atoms with Crippen LogP contribution in [0.25, 0.3) is 10.9 Å². The van der Waals surface area contributed by atoms with Crippen LogP contribution >= 0.6 is 0 Å². The fourth-order valence-electron chi connectivity index (χ4n) is 2.65. The lowest BCUT2D eigenvalue weighted by atomic mass is 10.1. The molecule has 0 aliphatic rings. The second-order valence-corrected chi connectivity index (χ2v) is 5.97. The third-order valence-electron chi connectivity index (χ3n) is 4.00. The number of hydrogen-bond donors (Lipinski definition) is 2. The minimum Gasteiger partial charge on any atom is -0.351 e. The van der Waals surface area contributed by atoms with Crippen molar-refractivity contribution in [2.24, 2.45) is 0 Å². The van der Waals surface area contributed by atoms with Crippen molar-refractivity contribution in [1.29, 1.82) is 0 Å². The lowest BCUT2D eigenvalue weighted by Crippen LogP contribution is -2.25. The summed E-state index contributed by atoms with van der Waals surface area (Å²) in [5.74, 6) is -0.235. The Morgan fingerprint density at radius 1 is 1.08 bits per heavy atom. The Balaban J connectivity index is 1.58. The van der Waals surface area contributed by atoms with E-state index in [1.807, 2.05) is 25.1 Å². The number of amides is 1. The number of alkyl halides is 3. The number of rotatable bonds is 4. The first-order chi connectivity index (χ1) is 11.8. The van der Waals surface area contributed by atoms with Crippen LogP contribution in [0.4, 0.5) is 13.2 Å². The van der Waals surface area contributed by atoms with Gasteiger partial charge in [-0.25, -0.2) is 0 Å². The van der Waals surface area contributed by atoms with Crippen LogP contribution in [0, 0.1) is 6.92 Å². The molecule has 3 nitrogen and oxygen atoms in total. The van der Waals surface area contributed by atoms with E-state index in [1.165, 1.54) is 12.1 Å². The summed E-state index contributed by atoms with van der Waals surface area (Å²) in [7, 11) is 0. The minimum absolute atomic E-state index is 0.235. The topological polar surface area (TPSA) is 44.9 Å². The molecule has 0 unspecified atom stereocenters. The summed E-state index contributed by atoms with van der Waals surface area (Å²) >= 11 is 0. The van der Waals surface area contributed by atoms with Crippen LogP contribution in [0.1, 0.15) is 27.2 Å². The average molecular weight is 346 g/mol. The summed E-state index contributed by atoms with van der Waals surface area (Å²) in [6, 6.07) is 12.6. The van der Waals surface area contributed by atoms with Gasteiger partial charge in [-0.15, -0.1) is 0 Å². The van der Waals surface area contributed by atoms with Crippen molar-refractivity contribution >= 4 is 16.8 Å². The van der Waals surface area contributed by atoms with Crippen molar-refractivity contribution in [2.75, 3.05) is 6.54 Å². The highest BCUT2D eigenvalue weighted by Gasteiger charge is 2.29. The van der Waals surface area contributed by atoms with Gasteiger partial charge < -0.3 is 10.3 Å². The molecule has 0 saturated carbocycles. The molecule has 0 aliphatic heterocycles. The van der Waals surface area contributed by atoms with Gasteiger partial charge in [0, 0.05) is 17.4 Å². The molecule has 0 spiro atoms. The van der Waals surface area contributed by atoms with Crippen LogP contribution < -0.4 is 5.32 Å². The highest BCUT2D eigenvalue weighted by atomic mass is 19.4. The largest absolute Gasteiger partial charge is 0.416 e. The van der Waals surface area contributed by atoms with Gasteiger partial charge in [-0.3, -0.25) is 4.79 Å². The van der Waals surface area contributed by atoms with Crippen LogP contribution in [0.5, 0.6) is 0 Å². The summed E-state index contributed by atoms with van der Waals surface area (Å²) in [5, 5.41) is 3.74. The lowest BCUT2D eigenvalue weighted by Gasteiger charge is -2.08. The Kier molecular flexibility index (Phi) is 4.53. The zero-order valence-electron chi connectivity index (χ0n) is 13.6. The van der Waals surface area contributed by atoms with Crippen molar-refractivity contribution < 1.29 is 18.0 Å². The van der Waals surface area contributed by atoms with Crippen molar-refractivity contribution in [2.45, 2.75) is 19.5 Å². The van der Waals surface area contributed by atoms with Crippen LogP contribution in [-0.2, 0) is 12.6 Å². The highest BCUT2D eigenvalue weighted by molar-refractivity contribution is 5.98. The number of aryl methyl sites for hydroxylation is 1. The second-order valence-electron chi connectivity index (χ2n) is 5.97. The number of aromatic nitrogens is 1. The lowest BCUT2D eigenvalue weighted by molar-refractivity contribution is -0.137. The van der Waals surface area contributed by atoms with E-state index >= 15 is 0 Å². The number of hydrogen-bond acceptors (Lipinski definition) is 1. The van der Waals surface area contributed by atoms with Gasteiger partial charge in [-0.1, -0.05) is 23.8 Å². The SMILES string of the molecule is Cc1ccc2[nH]c(C(=O)NCCc3ccc(C(F)(F)F)cc3)cc2c1. The molecule has 1 amide bonds. The maximum absolute atomic E-state index is 12.5. The summed E-state index contributed by atoms with van der Waals surface area (Å²) in [4.78, 5) is 15.2. The molecule has 2 aromatic carbocycles. The number of carbonyl (C=O) groups excluding carboxylic acids is 1. The predicted octanol–water partition coefficient (Wildman–Crippen LogP) is 4.47. The smallest absolute Gasteiger partial charge is 0.351 e. The van der Waals surface area contributed by atoms with Crippen molar-refractivity contribution in [1.82, 2.24) is 10.3 Å². The van der Waals surface area contributed by atoms with E-state index in [4.69, 9.17) is 0 Å². The molecule has 0 aliphatic carbocycles. The number of halogens is 3. The van der Waals surface area contributed by atoms with Crippen molar-refractivity contribution in [3.8, 4) is 0 Å². The maximum atomic E-state index is 12.5. The van der Waals surface area contributed by atoms with Crippen LogP contribution in [0.2, 0.25) is 0 Å². The first-order valence-corrected chi connectivity index (χ1v) is 7.86. The number of fused-ring (bicyclic) bond motifs is 1. The summed E-state index contributed by atoms with van der Waals surface area (Å²) in [6.07, 6.45) is -3.87. The van der Waals surface area contributed by atoms with Crippen molar-refractivity contribution in [3.63, 3.8) is 0 Å². The van der Waals surface area contributed by atoms with Gasteiger partial charge in [0.25, 0.3) is 5.91 Å². The summed E-state index contributed by atoms with van der Waals surface area (Å²) < 4.78 is 37.6. The number of nitrogens with one attached hydrogen (secondary N) is 2. The molecule has 0 atom stereocenters. The Hall–Kier alpha value is -2.76. The first kappa shape index (κ1) is 17.1. The van der Waals surface area contributed by atoms with E-state index in [0.717, 1.165) is 34.2 Å². The molecule has 3 aromatic rings. The van der Waals surface area contributed by atoms with Gasteiger partial charge in [-0.05, 0) is 49.2 Å². The fourth-order valence-corrected chi connectivity index (χ4v) is 2.65. The van der Waals surface area contributed by atoms with Crippen LogP contribution in [0.15, 0.2) is 48.5 Å². The fraction of sp³-hybridized carbons (Fsp3) is 0.211. The first-order valence-electron chi connectivity index (χ1n) is 7.86. The van der Waals surface area contributed by atoms with Crippen LogP contribution in [-0.4, -0.2) is 17.4 Å². The summed E-state index contributed by atoms with van der Waals surface area (Å²) in [5.41, 5.74) is 2.53. The van der Waals surface area contributed by atoms with E-state index in [1.54, 1.807) is 6.07 Å². The molecule has 0 radical (unpaired) electrons. The van der Waals surface area contributed by atoms with Gasteiger partial charge in [0.1, 0.15) is 5.69 Å². The molecule has 0 saturated heterocycles. The molecule has 0 fully saturated rings. The summed E-state index contributed by atoms with van der Waals surface area (Å²) in [6.45, 7) is 2.33. The van der Waals surface area contributed by atoms with Gasteiger partial charge >= 0.3 is 6.18 Å². The number of carbonyl (C=O) groups is 1. The number of H-pyrrole nitrogens is 1. The second kappa shape index (κ2) is 6.63. The standard InChI is InChI=1S/C19H17F3N2O/c1-12-2-7-16-14(10-12)11-17(24-16)18(25)23-9-8-13-3-5-15(6-4-13)19(20,21)22/h2-7,10-11,24H,8-9H2,1H3,(H,23,25). The van der Waals surface area contributed by atoms with Gasteiger partial charge in [-0.2, -0.15) is 13.2 Å². The molecule has 1 heterocycles. The Labute approximate surface area is 142 Å². The predicted molar refractivity (Wildman–Crippen MR) is 90.5 cm³/mol. The molecular weight excluding hydrogens is 329 g/mol. The molecule has 6 heteroatoms. The molecule has 2 N–H and O–H groups in total. The third-order valence-corrected chi connectivity index (χ3v) is 4.00. The Bertz CT molecular complexity index is 895. The van der Waals surface area contributed by atoms with Gasteiger partial charge in [0.05, 0.1) is 5.56 Å². The molecule has 3 rings (SSSR count). The zero-order chi connectivity index (χ0) is 18.0. The minimum atomic E-state index is -4.33. The average Bonchev–Trinajstić information content (AvgIpc) is 2.97. The highest BCUT2D eigenvalue weighted by Crippen LogP contribution is 2.29. The van der Waals surface area contributed by atoms with Gasteiger partial charge in [0.15, 0.2) is 0 Å². The normalized spacial score (nSPS) is 11.7. The quantitative estimate of drug-likeness (QED) is 0.719. The Morgan fingerprint density at radius 3 is 2.48 bits per heavy atom.